The molecule has 16 heavy (non-hydrogen) atoms. The summed E-state index contributed by atoms with van der Waals surface area (Å²) in [5, 5.41) is 0. The molecule has 1 atom stereocenters. The van der Waals surface area contributed by atoms with Crippen molar-refractivity contribution < 1.29 is 18.3 Å². The van der Waals surface area contributed by atoms with Crippen LogP contribution in [0.4, 0.5) is 8.78 Å². The highest BCUT2D eigenvalue weighted by molar-refractivity contribution is 9.10. The van der Waals surface area contributed by atoms with Gasteiger partial charge in [-0.25, -0.2) is 8.78 Å². The molecule has 1 rings (SSSR count). The maximum absolute atomic E-state index is 12.5. The van der Waals surface area contributed by atoms with Crippen molar-refractivity contribution in [1.82, 2.24) is 0 Å². The number of hydrogen-bond donors (Lipinski definition) is 0. The fourth-order valence-electron chi connectivity index (χ4n) is 1.24. The van der Waals surface area contributed by atoms with Gasteiger partial charge in [-0.15, -0.1) is 0 Å². The largest absolute Gasteiger partial charge is 0.497 e. The zero-order valence-corrected chi connectivity index (χ0v) is 10.4. The average Bonchev–Trinajstić information content (AvgIpc) is 2.27. The van der Waals surface area contributed by atoms with Gasteiger partial charge in [-0.3, -0.25) is 4.79 Å². The van der Waals surface area contributed by atoms with E-state index in [0.717, 1.165) is 0 Å². The van der Waals surface area contributed by atoms with Crippen LogP contribution < -0.4 is 4.74 Å². The van der Waals surface area contributed by atoms with E-state index in [1.54, 1.807) is 6.92 Å². The molecule has 0 aliphatic rings. The van der Waals surface area contributed by atoms with E-state index in [1.165, 1.54) is 25.3 Å². The third kappa shape index (κ3) is 3.01. The van der Waals surface area contributed by atoms with E-state index in [1.807, 2.05) is 0 Å². The first-order valence-corrected chi connectivity index (χ1v) is 5.52. The number of Topliss-reactive ketones (excluding diaryl/α,β-unsaturated/α-hetero) is 1. The van der Waals surface area contributed by atoms with E-state index in [2.05, 4.69) is 15.9 Å². The van der Waals surface area contributed by atoms with Crippen molar-refractivity contribution in [3.8, 4) is 5.75 Å². The van der Waals surface area contributed by atoms with Crippen LogP contribution in [0.15, 0.2) is 18.2 Å². The molecule has 5 heteroatoms. The van der Waals surface area contributed by atoms with Gasteiger partial charge < -0.3 is 4.74 Å². The molecule has 0 fully saturated rings. The van der Waals surface area contributed by atoms with E-state index in [-0.39, 0.29) is 22.7 Å². The number of methoxy groups -OCH3 is 1. The van der Waals surface area contributed by atoms with Gasteiger partial charge in [0.15, 0.2) is 5.78 Å². The lowest BCUT2D eigenvalue weighted by Gasteiger charge is -2.09. The molecule has 1 aromatic carbocycles. The van der Waals surface area contributed by atoms with Crippen LogP contribution in [0, 0.1) is 0 Å². The van der Waals surface area contributed by atoms with Crippen LogP contribution in [0.3, 0.4) is 0 Å². The van der Waals surface area contributed by atoms with Crippen molar-refractivity contribution in [1.29, 1.82) is 0 Å². The maximum Gasteiger partial charge on any atom is 0.264 e. The van der Waals surface area contributed by atoms with Crippen molar-refractivity contribution in [2.45, 2.75) is 18.2 Å². The Morgan fingerprint density at radius 2 is 2.00 bits per heavy atom. The predicted octanol–water partition coefficient (Wildman–Crippen LogP) is 3.60. The first-order valence-electron chi connectivity index (χ1n) is 4.61. The molecular formula is C11H11BrF2O2. The standard InChI is InChI=1S/C11H11BrF2O2/c1-6(12)10(15)7-3-8(11(13)14)5-9(4-7)16-2/h3-6,11H,1-2H3. The lowest BCUT2D eigenvalue weighted by molar-refractivity contribution is 0.0995. The minimum absolute atomic E-state index is 0.212. The van der Waals surface area contributed by atoms with E-state index >= 15 is 0 Å². The van der Waals surface area contributed by atoms with Crippen molar-refractivity contribution in [2.75, 3.05) is 7.11 Å². The number of carbonyl (C=O) groups excluding carboxylic acids is 1. The van der Waals surface area contributed by atoms with Crippen LogP contribution in [0.2, 0.25) is 0 Å². The van der Waals surface area contributed by atoms with Crippen LogP contribution in [0.1, 0.15) is 29.3 Å². The molecular weight excluding hydrogens is 282 g/mol. The summed E-state index contributed by atoms with van der Waals surface area (Å²) < 4.78 is 30.0. The molecule has 0 N–H and O–H groups in total. The molecule has 0 radical (unpaired) electrons. The Bertz CT molecular complexity index is 392. The molecule has 0 aliphatic carbocycles. The number of halogens is 3. The topological polar surface area (TPSA) is 26.3 Å². The number of ketones is 1. The minimum Gasteiger partial charge on any atom is -0.497 e. The second-order valence-corrected chi connectivity index (χ2v) is 4.65. The summed E-state index contributed by atoms with van der Waals surface area (Å²) in [5.41, 5.74) is 0.00914. The van der Waals surface area contributed by atoms with Crippen LogP contribution >= 0.6 is 15.9 Å². The molecule has 0 heterocycles. The predicted molar refractivity (Wildman–Crippen MR) is 60.7 cm³/mol. The van der Waals surface area contributed by atoms with E-state index in [4.69, 9.17) is 4.74 Å². The highest BCUT2D eigenvalue weighted by Crippen LogP contribution is 2.26. The minimum atomic E-state index is -2.62. The van der Waals surface area contributed by atoms with Gasteiger partial charge in [0.1, 0.15) is 5.75 Å². The second kappa shape index (κ2) is 5.39. The van der Waals surface area contributed by atoms with Crippen LogP contribution in [-0.2, 0) is 0 Å². The quantitative estimate of drug-likeness (QED) is 0.626. The normalized spacial score (nSPS) is 12.6. The molecule has 1 unspecified atom stereocenters. The summed E-state index contributed by atoms with van der Waals surface area (Å²) in [5.74, 6) is 0.00935. The highest BCUT2D eigenvalue weighted by Gasteiger charge is 2.17. The maximum atomic E-state index is 12.5. The van der Waals surface area contributed by atoms with Crippen LogP contribution in [0.5, 0.6) is 5.75 Å². The third-order valence-corrected chi connectivity index (χ3v) is 2.48. The molecule has 0 spiro atoms. The molecule has 0 saturated heterocycles. The Hall–Kier alpha value is -0.970. The zero-order chi connectivity index (χ0) is 12.3. The van der Waals surface area contributed by atoms with E-state index in [9.17, 15) is 13.6 Å². The van der Waals surface area contributed by atoms with Crippen molar-refractivity contribution in [3.63, 3.8) is 0 Å². The van der Waals surface area contributed by atoms with Gasteiger partial charge in [0.2, 0.25) is 0 Å². The van der Waals surface area contributed by atoms with E-state index < -0.39 is 11.3 Å². The second-order valence-electron chi connectivity index (χ2n) is 3.28. The molecule has 1 aromatic rings. The molecule has 2 nitrogen and oxygen atoms in total. The van der Waals surface area contributed by atoms with Gasteiger partial charge >= 0.3 is 0 Å². The van der Waals surface area contributed by atoms with Gasteiger partial charge in [0, 0.05) is 11.1 Å². The monoisotopic (exact) mass is 292 g/mol. The van der Waals surface area contributed by atoms with E-state index in [0.29, 0.717) is 0 Å². The number of alkyl halides is 3. The number of rotatable bonds is 4. The fraction of sp³-hybridized carbons (Fsp3) is 0.364. The molecule has 88 valence electrons. The molecule has 0 bridgehead atoms. The van der Waals surface area contributed by atoms with Crippen LogP contribution in [0.25, 0.3) is 0 Å². The summed E-state index contributed by atoms with van der Waals surface area (Å²) in [6, 6.07) is 3.86. The summed E-state index contributed by atoms with van der Waals surface area (Å²) in [7, 11) is 1.37. The smallest absolute Gasteiger partial charge is 0.264 e. The summed E-state index contributed by atoms with van der Waals surface area (Å²) >= 11 is 3.11. The van der Waals surface area contributed by atoms with Gasteiger partial charge in [-0.1, -0.05) is 15.9 Å². The Labute approximate surface area is 101 Å². The van der Waals surface area contributed by atoms with Crippen molar-refractivity contribution >= 4 is 21.7 Å². The van der Waals surface area contributed by atoms with Crippen molar-refractivity contribution in [3.05, 3.63) is 29.3 Å². The van der Waals surface area contributed by atoms with Crippen molar-refractivity contribution in [2.24, 2.45) is 0 Å². The first kappa shape index (κ1) is 13.1. The number of hydrogen-bond acceptors (Lipinski definition) is 2. The Morgan fingerprint density at radius 3 is 2.44 bits per heavy atom. The Kier molecular flexibility index (Phi) is 4.41. The van der Waals surface area contributed by atoms with Gasteiger partial charge in [0.05, 0.1) is 11.9 Å². The lowest BCUT2D eigenvalue weighted by Crippen LogP contribution is -2.10. The highest BCUT2D eigenvalue weighted by atomic mass is 79.9. The Balaban J connectivity index is 3.19. The number of benzene rings is 1. The summed E-state index contributed by atoms with van der Waals surface area (Å²) in [6.07, 6.45) is -2.62. The zero-order valence-electron chi connectivity index (χ0n) is 8.84. The third-order valence-electron chi connectivity index (χ3n) is 2.06. The molecule has 0 aliphatic heterocycles. The fourth-order valence-corrected chi connectivity index (χ4v) is 1.50. The number of ether oxygens (including phenoxy) is 1. The number of carbonyl (C=O) groups is 1. The first-order chi connectivity index (χ1) is 7.45. The Morgan fingerprint density at radius 1 is 1.38 bits per heavy atom. The van der Waals surface area contributed by atoms with Gasteiger partial charge in [0.25, 0.3) is 6.43 Å². The molecule has 0 saturated carbocycles. The summed E-state index contributed by atoms with van der Waals surface area (Å²) in [4.78, 5) is 11.2. The lowest BCUT2D eigenvalue weighted by atomic mass is 10.1. The summed E-state index contributed by atoms with van der Waals surface area (Å²) in [6.45, 7) is 1.64. The SMILES string of the molecule is COc1cc(C(=O)C(C)Br)cc(C(F)F)c1. The average molecular weight is 293 g/mol. The van der Waals surface area contributed by atoms with Gasteiger partial charge in [-0.05, 0) is 25.1 Å². The van der Waals surface area contributed by atoms with Crippen LogP contribution in [-0.4, -0.2) is 17.7 Å². The molecule has 0 amide bonds. The molecule has 0 aromatic heterocycles. The van der Waals surface area contributed by atoms with Gasteiger partial charge in [-0.2, -0.15) is 0 Å².